The number of fused-ring (bicyclic) bond motifs is 3. The van der Waals surface area contributed by atoms with E-state index in [4.69, 9.17) is 0 Å². The minimum atomic E-state index is 0.882. The van der Waals surface area contributed by atoms with Gasteiger partial charge in [-0.3, -0.25) is 0 Å². The fourth-order valence-electron chi connectivity index (χ4n) is 0.892. The maximum atomic E-state index is 3.50. The van der Waals surface area contributed by atoms with Crippen molar-refractivity contribution in [2.45, 2.75) is 9.88 Å². The third-order valence-electron chi connectivity index (χ3n) is 1.35. The molecule has 3 heterocycles. The summed E-state index contributed by atoms with van der Waals surface area (Å²) in [6.07, 6.45) is 0. The monoisotopic (exact) mass is 244 g/mol. The van der Waals surface area contributed by atoms with Crippen LogP contribution in [0.3, 0.4) is 0 Å². The van der Waals surface area contributed by atoms with Gasteiger partial charge in [0.05, 0.1) is 0 Å². The molecule has 0 aliphatic carbocycles. The van der Waals surface area contributed by atoms with E-state index in [1.54, 1.807) is 0 Å². The van der Waals surface area contributed by atoms with Crippen LogP contribution in [0.2, 0.25) is 0 Å². The first kappa shape index (κ1) is 5.72. The SMILES string of the molecule is C1NC2CNC1[Se][Se]2. The summed E-state index contributed by atoms with van der Waals surface area (Å²) < 4.78 is 0. The molecule has 3 aliphatic heterocycles. The van der Waals surface area contributed by atoms with Gasteiger partial charge in [0.25, 0.3) is 0 Å². The standard InChI is InChI=1S/C4H8N2Se2/c1-3-6-2-4(5-1)8-7-3/h3-6H,1-2H2. The van der Waals surface area contributed by atoms with E-state index in [0.717, 1.165) is 36.1 Å². The van der Waals surface area contributed by atoms with Crippen molar-refractivity contribution < 1.29 is 0 Å². The van der Waals surface area contributed by atoms with Gasteiger partial charge < -0.3 is 0 Å². The van der Waals surface area contributed by atoms with Crippen molar-refractivity contribution >= 4 is 26.3 Å². The average molecular weight is 242 g/mol. The molecule has 0 aromatic heterocycles. The molecule has 0 radical (unpaired) electrons. The number of hydrogen-bond acceptors (Lipinski definition) is 2. The number of piperazine rings is 1. The molecule has 46 valence electrons. The summed E-state index contributed by atoms with van der Waals surface area (Å²) in [7, 11) is 0. The van der Waals surface area contributed by atoms with Crippen molar-refractivity contribution in [2.75, 3.05) is 13.1 Å². The van der Waals surface area contributed by atoms with E-state index in [-0.39, 0.29) is 0 Å². The number of nitrogens with one attached hydrogen (secondary N) is 2. The van der Waals surface area contributed by atoms with Crippen LogP contribution in [0.25, 0.3) is 0 Å². The van der Waals surface area contributed by atoms with Crippen LogP contribution in [0.1, 0.15) is 0 Å². The molecule has 0 amide bonds. The summed E-state index contributed by atoms with van der Waals surface area (Å²) >= 11 is 1.92. The minimum absolute atomic E-state index is 0.882. The summed E-state index contributed by atoms with van der Waals surface area (Å²) in [5.41, 5.74) is 0. The third kappa shape index (κ3) is 0.970. The molecule has 0 spiro atoms. The van der Waals surface area contributed by atoms with Crippen molar-refractivity contribution in [1.82, 2.24) is 10.6 Å². The van der Waals surface area contributed by atoms with Crippen LogP contribution in [0.15, 0.2) is 0 Å². The molecule has 2 nitrogen and oxygen atoms in total. The Morgan fingerprint density at radius 2 is 1.50 bits per heavy atom. The van der Waals surface area contributed by atoms with Gasteiger partial charge in [-0.1, -0.05) is 0 Å². The van der Waals surface area contributed by atoms with Crippen LogP contribution in [0.5, 0.6) is 0 Å². The Morgan fingerprint density at radius 1 is 1.00 bits per heavy atom. The van der Waals surface area contributed by atoms with E-state index in [1.807, 2.05) is 0 Å². The fourth-order valence-corrected chi connectivity index (χ4v) is 8.72. The Labute approximate surface area is 60.0 Å². The summed E-state index contributed by atoms with van der Waals surface area (Å²) in [5, 5.41) is 7.00. The first-order valence-electron chi connectivity index (χ1n) is 2.74. The second-order valence-electron chi connectivity index (χ2n) is 1.99. The molecule has 2 atom stereocenters. The second kappa shape index (κ2) is 2.30. The Bertz CT molecular complexity index is 67.0. The molecule has 3 rings (SSSR count). The maximum absolute atomic E-state index is 3.50. The zero-order valence-corrected chi connectivity index (χ0v) is 7.81. The number of hydrogen-bond donors (Lipinski definition) is 2. The second-order valence-corrected chi connectivity index (χ2v) is 9.38. The van der Waals surface area contributed by atoms with Crippen LogP contribution in [-0.4, -0.2) is 49.2 Å². The third-order valence-corrected chi connectivity index (χ3v) is 10.2. The number of rotatable bonds is 0. The van der Waals surface area contributed by atoms with Crippen LogP contribution >= 0.6 is 0 Å². The van der Waals surface area contributed by atoms with Crippen LogP contribution < -0.4 is 10.6 Å². The molecule has 2 bridgehead atoms. The van der Waals surface area contributed by atoms with E-state index < -0.39 is 0 Å². The zero-order chi connectivity index (χ0) is 5.40. The van der Waals surface area contributed by atoms with Gasteiger partial charge in [-0.15, -0.1) is 0 Å². The van der Waals surface area contributed by atoms with E-state index in [1.165, 1.54) is 13.1 Å². The first-order valence-corrected chi connectivity index (χ1v) is 9.05. The molecule has 0 saturated carbocycles. The van der Waals surface area contributed by atoms with Crippen LogP contribution in [0, 0.1) is 0 Å². The summed E-state index contributed by atoms with van der Waals surface area (Å²) in [6, 6.07) is 0. The predicted molar refractivity (Wildman–Crippen MR) is 35.1 cm³/mol. The molecule has 8 heavy (non-hydrogen) atoms. The van der Waals surface area contributed by atoms with Gasteiger partial charge in [0.15, 0.2) is 0 Å². The van der Waals surface area contributed by atoms with Gasteiger partial charge in [-0.05, 0) is 0 Å². The van der Waals surface area contributed by atoms with E-state index in [2.05, 4.69) is 10.6 Å². The quantitative estimate of drug-likeness (QED) is 0.488. The molecule has 0 aromatic carbocycles. The van der Waals surface area contributed by atoms with Crippen molar-refractivity contribution in [2.24, 2.45) is 0 Å². The Balaban J connectivity index is 2.03. The summed E-state index contributed by atoms with van der Waals surface area (Å²) in [5.74, 6) is 0. The van der Waals surface area contributed by atoms with E-state index in [0.29, 0.717) is 0 Å². The molecule has 4 heteroatoms. The Morgan fingerprint density at radius 3 is 1.62 bits per heavy atom. The van der Waals surface area contributed by atoms with Gasteiger partial charge >= 0.3 is 59.9 Å². The molecule has 3 fully saturated rings. The first-order chi connectivity index (χ1) is 3.95. The van der Waals surface area contributed by atoms with Gasteiger partial charge in [0.1, 0.15) is 0 Å². The van der Waals surface area contributed by atoms with Crippen LogP contribution in [0.4, 0.5) is 0 Å². The molecule has 0 aromatic rings. The van der Waals surface area contributed by atoms with Crippen molar-refractivity contribution in [3.8, 4) is 0 Å². The molecule has 3 aliphatic rings. The van der Waals surface area contributed by atoms with Gasteiger partial charge in [0.2, 0.25) is 0 Å². The molecule has 3 saturated heterocycles. The van der Waals surface area contributed by atoms with Crippen molar-refractivity contribution in [3.05, 3.63) is 0 Å². The normalized spacial score (nSPS) is 45.0. The topological polar surface area (TPSA) is 24.1 Å². The van der Waals surface area contributed by atoms with Crippen LogP contribution in [-0.2, 0) is 0 Å². The molecular weight excluding hydrogens is 234 g/mol. The molecular formula is C4H8N2Se2. The predicted octanol–water partition coefficient (Wildman–Crippen LogP) is -1.83. The van der Waals surface area contributed by atoms with Gasteiger partial charge in [-0.25, -0.2) is 0 Å². The van der Waals surface area contributed by atoms with E-state index >= 15 is 0 Å². The van der Waals surface area contributed by atoms with Gasteiger partial charge in [-0.2, -0.15) is 0 Å². The van der Waals surface area contributed by atoms with Crippen molar-refractivity contribution in [3.63, 3.8) is 0 Å². The van der Waals surface area contributed by atoms with Crippen molar-refractivity contribution in [1.29, 1.82) is 0 Å². The average Bonchev–Trinajstić information content (AvgIpc) is 1.92. The summed E-state index contributed by atoms with van der Waals surface area (Å²) in [6.45, 7) is 2.48. The molecule has 2 unspecified atom stereocenters. The fraction of sp³-hybridized carbons (Fsp3) is 1.00. The van der Waals surface area contributed by atoms with Gasteiger partial charge in [0, 0.05) is 0 Å². The Hall–Kier alpha value is 0.959. The summed E-state index contributed by atoms with van der Waals surface area (Å²) in [4.78, 5) is 1.76. The molecule has 2 N–H and O–H groups in total. The van der Waals surface area contributed by atoms with E-state index in [9.17, 15) is 0 Å². The Kier molecular flexibility index (Phi) is 1.64. The zero-order valence-electron chi connectivity index (χ0n) is 4.39.